The van der Waals surface area contributed by atoms with E-state index >= 15 is 0 Å². The number of alkyl halides is 3. The molecular formula is C13H10F3NO2. The monoisotopic (exact) mass is 269 g/mol. The molecular weight excluding hydrogens is 259 g/mol. The Morgan fingerprint density at radius 2 is 2.11 bits per heavy atom. The second-order valence-electron chi connectivity index (χ2n) is 4.64. The van der Waals surface area contributed by atoms with E-state index in [1.54, 1.807) is 12.1 Å². The van der Waals surface area contributed by atoms with Gasteiger partial charge < -0.3 is 9.67 Å². The van der Waals surface area contributed by atoms with Crippen LogP contribution in [0.4, 0.5) is 13.2 Å². The predicted octanol–water partition coefficient (Wildman–Crippen LogP) is 3.23. The van der Waals surface area contributed by atoms with E-state index in [0.717, 1.165) is 6.07 Å². The Bertz CT molecular complexity index is 672. The number of fused-ring (bicyclic) bond motifs is 3. The molecule has 2 heterocycles. The first kappa shape index (κ1) is 12.1. The zero-order valence-corrected chi connectivity index (χ0v) is 9.74. The normalized spacial score (nSPS) is 18.8. The molecule has 100 valence electrons. The van der Waals surface area contributed by atoms with E-state index in [0.29, 0.717) is 24.0 Å². The minimum Gasteiger partial charge on any atom is -0.481 e. The molecule has 1 N–H and O–H groups in total. The number of aryl methyl sites for hydroxylation is 1. The molecule has 1 aliphatic rings. The van der Waals surface area contributed by atoms with Gasteiger partial charge >= 0.3 is 12.1 Å². The molecule has 1 unspecified atom stereocenters. The van der Waals surface area contributed by atoms with Crippen LogP contribution < -0.4 is 0 Å². The number of benzene rings is 1. The third-order valence-corrected chi connectivity index (χ3v) is 3.55. The van der Waals surface area contributed by atoms with Crippen LogP contribution in [0.15, 0.2) is 24.3 Å². The van der Waals surface area contributed by atoms with Crippen LogP contribution in [0, 0.1) is 0 Å². The van der Waals surface area contributed by atoms with E-state index in [4.69, 9.17) is 5.11 Å². The quantitative estimate of drug-likeness (QED) is 0.863. The standard InChI is InChI=1S/C13H10F3NO2/c14-13(15,16)9-3-1-2-7-6-10-8(12(18)19)4-5-17(10)11(7)9/h1-3,6,8H,4-5H2,(H,18,19). The maximum atomic E-state index is 13.0. The summed E-state index contributed by atoms with van der Waals surface area (Å²) in [5.74, 6) is -1.71. The molecule has 0 aliphatic carbocycles. The molecule has 2 aromatic rings. The lowest BCUT2D eigenvalue weighted by Crippen LogP contribution is -2.08. The van der Waals surface area contributed by atoms with E-state index in [2.05, 4.69) is 0 Å². The summed E-state index contributed by atoms with van der Waals surface area (Å²) in [5.41, 5.74) is -0.157. The van der Waals surface area contributed by atoms with Gasteiger partial charge in [0.05, 0.1) is 17.0 Å². The van der Waals surface area contributed by atoms with Gasteiger partial charge in [0.25, 0.3) is 0 Å². The predicted molar refractivity (Wildman–Crippen MR) is 61.9 cm³/mol. The first-order valence-electron chi connectivity index (χ1n) is 5.82. The van der Waals surface area contributed by atoms with Crippen molar-refractivity contribution in [2.45, 2.75) is 25.1 Å². The second kappa shape index (κ2) is 3.76. The fraction of sp³-hybridized carbons (Fsp3) is 0.308. The number of aliphatic carboxylic acids is 1. The van der Waals surface area contributed by atoms with E-state index in [1.807, 2.05) is 0 Å². The fourth-order valence-electron chi connectivity index (χ4n) is 2.76. The molecule has 1 aliphatic heterocycles. The number of halogens is 3. The Labute approximate surface area is 106 Å². The number of rotatable bonds is 1. The van der Waals surface area contributed by atoms with E-state index in [9.17, 15) is 18.0 Å². The molecule has 6 heteroatoms. The Morgan fingerprint density at radius 1 is 1.37 bits per heavy atom. The van der Waals surface area contributed by atoms with Gasteiger partial charge in [0.15, 0.2) is 0 Å². The van der Waals surface area contributed by atoms with Crippen molar-refractivity contribution in [1.29, 1.82) is 0 Å². The SMILES string of the molecule is O=C(O)C1CCn2c1cc1cccc(C(F)(F)F)c12. The number of para-hydroxylation sites is 1. The minimum absolute atomic E-state index is 0.0914. The largest absolute Gasteiger partial charge is 0.481 e. The van der Waals surface area contributed by atoms with Crippen molar-refractivity contribution < 1.29 is 23.1 Å². The summed E-state index contributed by atoms with van der Waals surface area (Å²) in [7, 11) is 0. The number of hydrogen-bond donors (Lipinski definition) is 1. The number of nitrogens with zero attached hydrogens (tertiary/aromatic N) is 1. The molecule has 3 rings (SSSR count). The van der Waals surface area contributed by atoms with Crippen molar-refractivity contribution in [3.63, 3.8) is 0 Å². The Morgan fingerprint density at radius 3 is 2.74 bits per heavy atom. The summed E-state index contributed by atoms with van der Waals surface area (Å²) in [6.07, 6.45) is -4.09. The number of aromatic nitrogens is 1. The molecule has 1 aromatic carbocycles. The molecule has 0 saturated carbocycles. The number of carboxylic acid groups (broad SMARTS) is 1. The summed E-state index contributed by atoms with van der Waals surface area (Å²) >= 11 is 0. The van der Waals surface area contributed by atoms with Gasteiger partial charge in [-0.15, -0.1) is 0 Å². The summed E-state index contributed by atoms with van der Waals surface area (Å²) in [6.45, 7) is 0.308. The molecule has 1 atom stereocenters. The lowest BCUT2D eigenvalue weighted by molar-refractivity contribution is -0.139. The van der Waals surface area contributed by atoms with Gasteiger partial charge in [0.2, 0.25) is 0 Å². The van der Waals surface area contributed by atoms with Gasteiger partial charge in [0.1, 0.15) is 0 Å². The molecule has 0 fully saturated rings. The van der Waals surface area contributed by atoms with Crippen molar-refractivity contribution >= 4 is 16.9 Å². The number of carboxylic acids is 1. The molecule has 0 bridgehead atoms. The molecule has 3 nitrogen and oxygen atoms in total. The van der Waals surface area contributed by atoms with Crippen LogP contribution in [0.5, 0.6) is 0 Å². The van der Waals surface area contributed by atoms with E-state index < -0.39 is 23.6 Å². The Balaban J connectivity index is 2.29. The minimum atomic E-state index is -4.43. The molecule has 0 saturated heterocycles. The summed E-state index contributed by atoms with van der Waals surface area (Å²) in [4.78, 5) is 11.1. The summed E-state index contributed by atoms with van der Waals surface area (Å²) in [6, 6.07) is 5.51. The zero-order chi connectivity index (χ0) is 13.8. The van der Waals surface area contributed by atoms with Crippen LogP contribution in [0.25, 0.3) is 10.9 Å². The first-order chi connectivity index (χ1) is 8.89. The first-order valence-corrected chi connectivity index (χ1v) is 5.82. The Kier molecular flexibility index (Phi) is 2.39. The van der Waals surface area contributed by atoms with Crippen LogP contribution >= 0.6 is 0 Å². The van der Waals surface area contributed by atoms with Crippen LogP contribution in [0.3, 0.4) is 0 Å². The number of hydrogen-bond acceptors (Lipinski definition) is 1. The number of carbonyl (C=O) groups is 1. The van der Waals surface area contributed by atoms with Crippen molar-refractivity contribution in [3.8, 4) is 0 Å². The van der Waals surface area contributed by atoms with Gasteiger partial charge in [0, 0.05) is 17.6 Å². The highest BCUT2D eigenvalue weighted by molar-refractivity contribution is 5.88. The summed E-state index contributed by atoms with van der Waals surface area (Å²) in [5, 5.41) is 9.52. The average Bonchev–Trinajstić information content (AvgIpc) is 2.84. The maximum absolute atomic E-state index is 13.0. The van der Waals surface area contributed by atoms with Crippen LogP contribution in [-0.4, -0.2) is 15.6 Å². The maximum Gasteiger partial charge on any atom is 0.418 e. The fourth-order valence-corrected chi connectivity index (χ4v) is 2.76. The van der Waals surface area contributed by atoms with Crippen molar-refractivity contribution in [1.82, 2.24) is 4.57 Å². The van der Waals surface area contributed by atoms with Crippen molar-refractivity contribution in [2.75, 3.05) is 0 Å². The molecule has 19 heavy (non-hydrogen) atoms. The van der Waals surface area contributed by atoms with Crippen molar-refractivity contribution in [3.05, 3.63) is 35.5 Å². The van der Waals surface area contributed by atoms with Crippen LogP contribution in [-0.2, 0) is 17.5 Å². The highest BCUT2D eigenvalue weighted by Gasteiger charge is 2.37. The van der Waals surface area contributed by atoms with Gasteiger partial charge in [-0.3, -0.25) is 4.79 Å². The van der Waals surface area contributed by atoms with Crippen LogP contribution in [0.2, 0.25) is 0 Å². The van der Waals surface area contributed by atoms with Gasteiger partial charge in [-0.25, -0.2) is 0 Å². The van der Waals surface area contributed by atoms with Crippen LogP contribution in [0.1, 0.15) is 23.6 Å². The third kappa shape index (κ3) is 1.70. The van der Waals surface area contributed by atoms with Gasteiger partial charge in [-0.2, -0.15) is 13.2 Å². The van der Waals surface area contributed by atoms with Gasteiger partial charge in [-0.1, -0.05) is 12.1 Å². The zero-order valence-electron chi connectivity index (χ0n) is 9.74. The summed E-state index contributed by atoms with van der Waals surface area (Å²) < 4.78 is 40.5. The molecule has 1 aromatic heterocycles. The highest BCUT2D eigenvalue weighted by Crippen LogP contribution is 2.40. The molecule has 0 spiro atoms. The smallest absolute Gasteiger partial charge is 0.418 e. The lowest BCUT2D eigenvalue weighted by atomic mass is 10.0. The van der Waals surface area contributed by atoms with Crippen molar-refractivity contribution in [2.24, 2.45) is 0 Å². The third-order valence-electron chi connectivity index (χ3n) is 3.55. The lowest BCUT2D eigenvalue weighted by Gasteiger charge is -2.10. The topological polar surface area (TPSA) is 42.2 Å². The Hall–Kier alpha value is -1.98. The van der Waals surface area contributed by atoms with E-state index in [-0.39, 0.29) is 5.52 Å². The van der Waals surface area contributed by atoms with E-state index in [1.165, 1.54) is 10.6 Å². The average molecular weight is 269 g/mol. The highest BCUT2D eigenvalue weighted by atomic mass is 19.4. The molecule has 0 amide bonds. The molecule has 0 radical (unpaired) electrons. The second-order valence-corrected chi connectivity index (χ2v) is 4.64. The van der Waals surface area contributed by atoms with Gasteiger partial charge in [-0.05, 0) is 18.6 Å².